The van der Waals surface area contributed by atoms with Crippen LogP contribution in [0.25, 0.3) is 0 Å². The van der Waals surface area contributed by atoms with Crippen molar-refractivity contribution in [1.82, 2.24) is 0 Å². The number of carbonyl (C=O) groups is 2. The zero-order valence-electron chi connectivity index (χ0n) is 14.6. The SMILES string of the molecule is CC(C)CC1(C(=O)OC2C3CC4C(=O)OC2C4C3)CCC1(C)C. The molecule has 4 aliphatic rings. The van der Waals surface area contributed by atoms with Crippen molar-refractivity contribution in [3.63, 3.8) is 0 Å². The Kier molecular flexibility index (Phi) is 3.18. The minimum atomic E-state index is -0.356. The molecular formula is C19H28O4. The molecule has 6 atom stereocenters. The summed E-state index contributed by atoms with van der Waals surface area (Å²) in [5, 5.41) is 0. The Labute approximate surface area is 138 Å². The first-order valence-electron chi connectivity index (χ1n) is 9.17. The second kappa shape index (κ2) is 4.73. The Morgan fingerprint density at radius 3 is 2.61 bits per heavy atom. The van der Waals surface area contributed by atoms with Crippen molar-refractivity contribution in [2.75, 3.05) is 0 Å². The average molecular weight is 320 g/mol. The third-order valence-corrected chi connectivity index (χ3v) is 7.28. The first-order chi connectivity index (χ1) is 10.7. The van der Waals surface area contributed by atoms with E-state index in [1.165, 1.54) is 0 Å². The van der Waals surface area contributed by atoms with Gasteiger partial charge in [-0.2, -0.15) is 0 Å². The smallest absolute Gasteiger partial charge is 0.313 e. The molecule has 6 unspecified atom stereocenters. The normalized spacial score (nSPS) is 46.0. The molecule has 1 heterocycles. The monoisotopic (exact) mass is 320 g/mol. The van der Waals surface area contributed by atoms with Crippen LogP contribution >= 0.6 is 0 Å². The first kappa shape index (κ1) is 15.5. The second-order valence-corrected chi connectivity index (χ2v) is 9.34. The van der Waals surface area contributed by atoms with E-state index < -0.39 is 0 Å². The van der Waals surface area contributed by atoms with Crippen LogP contribution in [-0.2, 0) is 19.1 Å². The van der Waals surface area contributed by atoms with Crippen LogP contribution in [0.15, 0.2) is 0 Å². The molecule has 0 amide bonds. The lowest BCUT2D eigenvalue weighted by Crippen LogP contribution is -2.55. The van der Waals surface area contributed by atoms with Crippen LogP contribution < -0.4 is 0 Å². The molecule has 2 bridgehead atoms. The Balaban J connectivity index is 1.53. The highest BCUT2D eigenvalue weighted by atomic mass is 16.6. The van der Waals surface area contributed by atoms with Gasteiger partial charge in [-0.05, 0) is 43.4 Å². The fraction of sp³-hybridized carbons (Fsp3) is 0.895. The summed E-state index contributed by atoms with van der Waals surface area (Å²) in [7, 11) is 0. The molecule has 4 nitrogen and oxygen atoms in total. The maximum Gasteiger partial charge on any atom is 0.313 e. The van der Waals surface area contributed by atoms with Crippen LogP contribution in [0.1, 0.15) is 59.8 Å². The number of ether oxygens (including phenoxy) is 2. The summed E-state index contributed by atoms with van der Waals surface area (Å²) in [6.07, 6.45) is 4.34. The van der Waals surface area contributed by atoms with E-state index in [0.717, 1.165) is 32.1 Å². The van der Waals surface area contributed by atoms with Gasteiger partial charge in [0.2, 0.25) is 0 Å². The number of esters is 2. The zero-order valence-corrected chi connectivity index (χ0v) is 14.6. The van der Waals surface area contributed by atoms with Gasteiger partial charge in [0.15, 0.2) is 0 Å². The number of carbonyl (C=O) groups excluding carboxylic acids is 2. The Hall–Kier alpha value is -1.06. The molecule has 4 fully saturated rings. The van der Waals surface area contributed by atoms with Gasteiger partial charge in [0.25, 0.3) is 0 Å². The summed E-state index contributed by atoms with van der Waals surface area (Å²) < 4.78 is 11.6. The predicted octanol–water partition coefficient (Wildman–Crippen LogP) is 3.33. The quantitative estimate of drug-likeness (QED) is 0.746. The Morgan fingerprint density at radius 1 is 1.30 bits per heavy atom. The van der Waals surface area contributed by atoms with Crippen LogP contribution in [0.3, 0.4) is 0 Å². The highest BCUT2D eigenvalue weighted by Crippen LogP contribution is 2.61. The highest BCUT2D eigenvalue weighted by Gasteiger charge is 2.65. The van der Waals surface area contributed by atoms with Gasteiger partial charge in [-0.3, -0.25) is 9.59 Å². The van der Waals surface area contributed by atoms with Crippen molar-refractivity contribution in [3.05, 3.63) is 0 Å². The molecule has 1 aliphatic heterocycles. The van der Waals surface area contributed by atoms with Crippen LogP contribution in [0.4, 0.5) is 0 Å². The molecule has 0 aromatic carbocycles. The largest absolute Gasteiger partial charge is 0.458 e. The molecule has 0 spiro atoms. The van der Waals surface area contributed by atoms with Crippen molar-refractivity contribution in [2.24, 2.45) is 34.5 Å². The Morgan fingerprint density at radius 2 is 2.04 bits per heavy atom. The van der Waals surface area contributed by atoms with Gasteiger partial charge in [0.05, 0.1) is 11.3 Å². The standard InChI is InChI=1S/C19H28O4/c1-10(2)9-19(6-5-18(19,3)4)17(21)23-14-11-7-12-13(8-11)16(20)22-15(12)14/h10-15H,5-9H2,1-4H3. The molecule has 0 aromatic heterocycles. The molecule has 4 heteroatoms. The van der Waals surface area contributed by atoms with E-state index in [0.29, 0.717) is 17.8 Å². The maximum absolute atomic E-state index is 13.1. The van der Waals surface area contributed by atoms with E-state index in [2.05, 4.69) is 27.7 Å². The lowest BCUT2D eigenvalue weighted by Gasteiger charge is -2.55. The van der Waals surface area contributed by atoms with E-state index in [1.54, 1.807) is 0 Å². The molecular weight excluding hydrogens is 292 g/mol. The number of rotatable bonds is 4. The summed E-state index contributed by atoms with van der Waals surface area (Å²) in [5.41, 5.74) is -0.355. The maximum atomic E-state index is 13.1. The van der Waals surface area contributed by atoms with Crippen LogP contribution in [-0.4, -0.2) is 24.1 Å². The van der Waals surface area contributed by atoms with E-state index >= 15 is 0 Å². The first-order valence-corrected chi connectivity index (χ1v) is 9.17. The molecule has 23 heavy (non-hydrogen) atoms. The number of hydrogen-bond donors (Lipinski definition) is 0. The van der Waals surface area contributed by atoms with E-state index in [1.807, 2.05) is 0 Å². The molecule has 0 radical (unpaired) electrons. The fourth-order valence-electron chi connectivity index (χ4n) is 5.76. The lowest BCUT2D eigenvalue weighted by molar-refractivity contribution is -0.194. The number of hydrogen-bond acceptors (Lipinski definition) is 4. The van der Waals surface area contributed by atoms with Gasteiger partial charge < -0.3 is 9.47 Å². The Bertz CT molecular complexity index is 552. The number of fused-ring (bicyclic) bond motifs is 1. The summed E-state index contributed by atoms with van der Waals surface area (Å²) >= 11 is 0. The summed E-state index contributed by atoms with van der Waals surface area (Å²) in [5.74, 6) is 1.05. The summed E-state index contributed by atoms with van der Waals surface area (Å²) in [6, 6.07) is 0. The fourth-order valence-corrected chi connectivity index (χ4v) is 5.76. The third-order valence-electron chi connectivity index (χ3n) is 7.28. The molecule has 4 rings (SSSR count). The molecule has 128 valence electrons. The molecule has 3 aliphatic carbocycles. The van der Waals surface area contributed by atoms with E-state index in [4.69, 9.17) is 9.47 Å². The van der Waals surface area contributed by atoms with Gasteiger partial charge in [-0.25, -0.2) is 0 Å². The van der Waals surface area contributed by atoms with Gasteiger partial charge >= 0.3 is 11.9 Å². The van der Waals surface area contributed by atoms with Gasteiger partial charge in [0, 0.05) is 11.8 Å². The van der Waals surface area contributed by atoms with Gasteiger partial charge in [-0.1, -0.05) is 27.7 Å². The van der Waals surface area contributed by atoms with Crippen LogP contribution in [0, 0.1) is 34.5 Å². The predicted molar refractivity (Wildman–Crippen MR) is 84.4 cm³/mol. The second-order valence-electron chi connectivity index (χ2n) is 9.34. The van der Waals surface area contributed by atoms with Crippen molar-refractivity contribution in [1.29, 1.82) is 0 Å². The van der Waals surface area contributed by atoms with Crippen LogP contribution in [0.2, 0.25) is 0 Å². The van der Waals surface area contributed by atoms with Crippen molar-refractivity contribution < 1.29 is 19.1 Å². The van der Waals surface area contributed by atoms with Crippen molar-refractivity contribution in [2.45, 2.75) is 72.0 Å². The lowest BCUT2D eigenvalue weighted by atomic mass is 9.48. The zero-order chi connectivity index (χ0) is 16.6. The van der Waals surface area contributed by atoms with Crippen molar-refractivity contribution in [3.8, 4) is 0 Å². The van der Waals surface area contributed by atoms with Gasteiger partial charge in [-0.15, -0.1) is 0 Å². The summed E-state index contributed by atoms with van der Waals surface area (Å²) in [4.78, 5) is 25.0. The van der Waals surface area contributed by atoms with Gasteiger partial charge in [0.1, 0.15) is 12.2 Å². The molecule has 0 aromatic rings. The minimum absolute atomic E-state index is 0.000854. The van der Waals surface area contributed by atoms with Crippen LogP contribution in [0.5, 0.6) is 0 Å². The van der Waals surface area contributed by atoms with Crippen molar-refractivity contribution >= 4 is 11.9 Å². The highest BCUT2D eigenvalue weighted by molar-refractivity contribution is 5.80. The van der Waals surface area contributed by atoms with E-state index in [-0.39, 0.29) is 40.9 Å². The molecule has 0 N–H and O–H groups in total. The van der Waals surface area contributed by atoms with E-state index in [9.17, 15) is 9.59 Å². The minimum Gasteiger partial charge on any atom is -0.458 e. The molecule has 3 saturated carbocycles. The topological polar surface area (TPSA) is 52.6 Å². The average Bonchev–Trinajstić information content (AvgIpc) is 3.07. The third kappa shape index (κ3) is 1.96. The summed E-state index contributed by atoms with van der Waals surface area (Å²) in [6.45, 7) is 8.72. The molecule has 1 saturated heterocycles.